The second kappa shape index (κ2) is 65.7. The van der Waals surface area contributed by atoms with Crippen molar-refractivity contribution in [2.75, 3.05) is 0 Å². The van der Waals surface area contributed by atoms with Gasteiger partial charge >= 0.3 is 10.4 Å². The molecule has 0 amide bonds. The Labute approximate surface area is 94.4 Å². The Bertz CT molecular complexity index is 93.7. The van der Waals surface area contributed by atoms with Gasteiger partial charge in [0.2, 0.25) is 0 Å². The van der Waals surface area contributed by atoms with Gasteiger partial charge in [-0.25, -0.2) is 0 Å². The third kappa shape index (κ3) is 164000000. The van der Waals surface area contributed by atoms with Crippen LogP contribution >= 0.6 is 0 Å². The van der Waals surface area contributed by atoms with E-state index in [2.05, 4.69) is 0 Å². The van der Waals surface area contributed by atoms with Gasteiger partial charge in [0.15, 0.2) is 0 Å². The summed E-state index contributed by atoms with van der Waals surface area (Å²) in [5.41, 5.74) is 0. The van der Waals surface area contributed by atoms with Gasteiger partial charge in [-0.2, -0.15) is 8.42 Å². The summed E-state index contributed by atoms with van der Waals surface area (Å²) in [6.07, 6.45) is 0. The Hall–Kier alpha value is 0.00351. The van der Waals surface area contributed by atoms with Gasteiger partial charge in [-0.05, 0) is 0 Å². The van der Waals surface area contributed by atoms with Crippen molar-refractivity contribution in [3.05, 3.63) is 0 Å². The fourth-order valence-electron chi connectivity index (χ4n) is 0. The summed E-state index contributed by atoms with van der Waals surface area (Å²) in [5.74, 6) is 0. The van der Waals surface area contributed by atoms with Crippen LogP contribution in [0.15, 0.2) is 0 Å². The van der Waals surface area contributed by atoms with Gasteiger partial charge in [0, 0.05) is 16.5 Å². The molecule has 0 saturated heterocycles. The van der Waals surface area contributed by atoms with Gasteiger partial charge in [-0.15, -0.1) is 0 Å². The molecular weight excluding hydrogens is 299 g/mol. The first kappa shape index (κ1) is 184. The van der Waals surface area contributed by atoms with Gasteiger partial charge in [0.05, 0.1) is 0 Å². The van der Waals surface area contributed by atoms with Crippen LogP contribution in [-0.4, -0.2) is 66.8 Å². The van der Waals surface area contributed by atoms with E-state index in [1.165, 1.54) is 0 Å². The van der Waals surface area contributed by atoms with Crippen molar-refractivity contribution in [2.45, 2.75) is 0 Å². The van der Waals surface area contributed by atoms with E-state index in [1.807, 2.05) is 0 Å². The van der Waals surface area contributed by atoms with Crippen molar-refractivity contribution in [1.29, 1.82) is 0 Å². The number of rotatable bonds is 0. The van der Waals surface area contributed by atoms with Crippen LogP contribution in [0.5, 0.6) is 0 Å². The third-order valence-electron chi connectivity index (χ3n) is 0. The smallest absolute Gasteiger partial charge is 0.394 e. The average Bonchev–Trinajstić information content (AvgIpc) is 0.722. The summed E-state index contributed by atoms with van der Waals surface area (Å²) in [7, 11) is -4.67. The summed E-state index contributed by atoms with van der Waals surface area (Å²) in [5, 5.41) is 0. The van der Waals surface area contributed by atoms with Crippen molar-refractivity contribution in [1.82, 2.24) is 0 Å². The van der Waals surface area contributed by atoms with Crippen molar-refractivity contribution in [2.24, 2.45) is 0 Å². The minimum atomic E-state index is -4.67. The summed E-state index contributed by atoms with van der Waals surface area (Å²) in [6, 6.07) is 0. The molecule has 0 aromatic rings. The Kier molecular flexibility index (Phi) is 804. The molecule has 0 unspecified atom stereocenters. The second-order valence-electron chi connectivity index (χ2n) is 0.448. The molecule has 15 heavy (non-hydrogen) atoms. The molecule has 0 radical (unpaired) electrons. The molecule has 0 aliphatic carbocycles. The fourth-order valence-corrected chi connectivity index (χ4v) is 0. The van der Waals surface area contributed by atoms with Crippen molar-refractivity contribution in [3.63, 3.8) is 0 Å². The molecule has 0 aromatic carbocycles. The molecule has 15 heteroatoms. The first-order chi connectivity index (χ1) is 2.00. The summed E-state index contributed by atoms with van der Waals surface area (Å²) in [4.78, 5) is 0. The van der Waals surface area contributed by atoms with E-state index in [4.69, 9.17) is 17.5 Å². The fraction of sp³-hybridized carbons (Fsp3) is 0. The number of hydrogen-bond donors (Lipinski definition) is 2. The Morgan fingerprint density at radius 3 is 0.533 bits per heavy atom. The first-order valence-corrected chi connectivity index (χ1v) is 2.10. The molecule has 20 N–H and O–H groups in total. The predicted octanol–water partition coefficient (Wildman–Crippen LogP) is -8.08. The maximum atomic E-state index is 8.74. The Balaban J connectivity index is -0.00000000178. The van der Waals surface area contributed by atoms with Crippen LogP contribution in [0.25, 0.3) is 0 Å². The van der Waals surface area contributed by atoms with E-state index in [1.54, 1.807) is 0 Å². The van der Waals surface area contributed by atoms with Crippen LogP contribution in [0.1, 0.15) is 0 Å². The maximum Gasteiger partial charge on any atom is 0.394 e. The minimum Gasteiger partial charge on any atom is -0.412 e. The minimum absolute atomic E-state index is 0. The predicted molar refractivity (Wildman–Crippen MR) is 46.7 cm³/mol. The quantitative estimate of drug-likeness (QED) is 0.324. The van der Waals surface area contributed by atoms with Gasteiger partial charge in [-0.3, -0.25) is 9.11 Å². The molecule has 114 valence electrons. The van der Waals surface area contributed by atoms with Gasteiger partial charge in [0.1, 0.15) is 0 Å². The summed E-state index contributed by atoms with van der Waals surface area (Å²) < 4.78 is 31.6. The largest absolute Gasteiger partial charge is 0.412 e. The molecule has 0 saturated carbocycles. The zero-order valence-corrected chi connectivity index (χ0v) is 8.74. The summed E-state index contributed by atoms with van der Waals surface area (Å²) in [6.45, 7) is 0. The molecule has 0 heterocycles. The normalized spacial score (nSPS) is 3.87. The Morgan fingerprint density at radius 2 is 0.533 bits per heavy atom. The molecule has 0 aliphatic rings. The SMILES string of the molecule is O.O.O.O.O.O.O.O.O.O=S(=O)(O)O.[Ni]. The van der Waals surface area contributed by atoms with Crippen LogP contribution in [-0.2, 0) is 26.9 Å². The third-order valence-corrected chi connectivity index (χ3v) is 0. The molecule has 0 rings (SSSR count). The monoisotopic (exact) mass is 318 g/mol. The van der Waals surface area contributed by atoms with Crippen molar-refractivity contribution < 1.29 is 83.3 Å². The first-order valence-electron chi connectivity index (χ1n) is 0.698. The molecule has 0 bridgehead atoms. The molecule has 0 fully saturated rings. The Morgan fingerprint density at radius 1 is 0.533 bits per heavy atom. The van der Waals surface area contributed by atoms with Crippen LogP contribution in [0.4, 0.5) is 0 Å². The van der Waals surface area contributed by atoms with Crippen LogP contribution in [0, 0.1) is 0 Å². The molecule has 13 nitrogen and oxygen atoms in total. The molecule has 0 atom stereocenters. The van der Waals surface area contributed by atoms with E-state index in [9.17, 15) is 0 Å². The standard InChI is InChI=1S/Ni.H2O4S.9H2O/c;1-5(2,3)4;;;;;;;;;/h;(H2,1,2,3,4);9*1H2. The van der Waals surface area contributed by atoms with Crippen molar-refractivity contribution >= 4 is 10.4 Å². The van der Waals surface area contributed by atoms with Gasteiger partial charge in [-0.1, -0.05) is 0 Å². The van der Waals surface area contributed by atoms with E-state index in [0.29, 0.717) is 0 Å². The van der Waals surface area contributed by atoms with Crippen LogP contribution < -0.4 is 0 Å². The maximum absolute atomic E-state index is 8.74. The van der Waals surface area contributed by atoms with Crippen molar-refractivity contribution in [3.8, 4) is 0 Å². The van der Waals surface area contributed by atoms with Gasteiger partial charge < -0.3 is 49.3 Å². The molecule has 0 spiro atoms. The molecule has 0 aliphatic heterocycles. The zero-order chi connectivity index (χ0) is 4.50. The zero-order valence-electron chi connectivity index (χ0n) is 6.94. The van der Waals surface area contributed by atoms with E-state index >= 15 is 0 Å². The molecular formula is H20NiO13S. The average molecular weight is 319 g/mol. The van der Waals surface area contributed by atoms with Gasteiger partial charge in [0.25, 0.3) is 0 Å². The second-order valence-corrected chi connectivity index (χ2v) is 1.34. The van der Waals surface area contributed by atoms with Crippen LogP contribution in [0.3, 0.4) is 0 Å². The van der Waals surface area contributed by atoms with Crippen LogP contribution in [0.2, 0.25) is 0 Å². The summed E-state index contributed by atoms with van der Waals surface area (Å²) >= 11 is 0. The van der Waals surface area contributed by atoms with E-state index < -0.39 is 10.4 Å². The number of hydrogen-bond acceptors (Lipinski definition) is 2. The van der Waals surface area contributed by atoms with E-state index in [0.717, 1.165) is 0 Å². The van der Waals surface area contributed by atoms with E-state index in [-0.39, 0.29) is 65.8 Å². The topological polar surface area (TPSA) is 358 Å². The molecule has 0 aromatic heterocycles.